The number of carbonyl (C=O) groups excluding carboxylic acids is 2. The summed E-state index contributed by atoms with van der Waals surface area (Å²) in [6.07, 6.45) is 9.99. The molecule has 6 nitrogen and oxygen atoms in total. The van der Waals surface area contributed by atoms with E-state index in [-0.39, 0.29) is 46.8 Å². The predicted molar refractivity (Wildman–Crippen MR) is 203 cm³/mol. The van der Waals surface area contributed by atoms with E-state index in [1.165, 1.54) is 47.9 Å². The summed E-state index contributed by atoms with van der Waals surface area (Å²) >= 11 is 0. The van der Waals surface area contributed by atoms with Gasteiger partial charge < -0.3 is 18.9 Å². The van der Waals surface area contributed by atoms with Crippen LogP contribution < -0.4 is 0 Å². The number of cyclic esters (lactones) is 2. The van der Waals surface area contributed by atoms with Gasteiger partial charge in [0.05, 0.1) is 24.0 Å². The lowest BCUT2D eigenvalue weighted by Crippen LogP contribution is -2.45. The Morgan fingerprint density at radius 1 is 0.596 bits per heavy atom. The van der Waals surface area contributed by atoms with E-state index in [0.717, 1.165) is 38.5 Å². The zero-order valence-corrected chi connectivity index (χ0v) is 33.1. The molecule has 0 aromatic heterocycles. The van der Waals surface area contributed by atoms with Gasteiger partial charge in [-0.2, -0.15) is 0 Å². The molecule has 2 saturated heterocycles. The van der Waals surface area contributed by atoms with E-state index in [2.05, 4.69) is 104 Å². The SMILES string of the molecule is CC(C)[C@@H]1CC[C@@H](C)C[C@H]1O[C@@H]1OC(=O)[C@H]2Cc3ccccc3C[C@@]12C.CC(C)[C@H]1CC[C@H](C)C[C@@H]1O[C@H]1OC(=O)[C@@H]2Cc3ccccc3C[C@]12C. The van der Waals surface area contributed by atoms with Crippen molar-refractivity contribution < 1.29 is 28.5 Å². The van der Waals surface area contributed by atoms with Gasteiger partial charge in [0.15, 0.2) is 0 Å². The minimum absolute atomic E-state index is 0.0723. The third kappa shape index (κ3) is 7.12. The molecule has 2 aliphatic heterocycles. The van der Waals surface area contributed by atoms with Crippen molar-refractivity contribution in [3.05, 3.63) is 70.8 Å². The number of hydrogen-bond donors (Lipinski definition) is 0. The fourth-order valence-corrected chi connectivity index (χ4v) is 10.9. The van der Waals surface area contributed by atoms with Crippen LogP contribution in [-0.2, 0) is 54.2 Å². The van der Waals surface area contributed by atoms with Crippen LogP contribution in [0.4, 0.5) is 0 Å². The molecule has 6 aliphatic rings. The Kier molecular flexibility index (Phi) is 10.7. The molecule has 8 rings (SSSR count). The Labute approximate surface area is 313 Å². The lowest BCUT2D eigenvalue weighted by Gasteiger charge is -2.42. The molecule has 0 amide bonds. The lowest BCUT2D eigenvalue weighted by atomic mass is 9.66. The van der Waals surface area contributed by atoms with E-state index in [9.17, 15) is 9.59 Å². The molecule has 284 valence electrons. The Bertz CT molecular complexity index is 1480. The third-order valence-corrected chi connectivity index (χ3v) is 14.4. The highest BCUT2D eigenvalue weighted by molar-refractivity contribution is 5.78. The van der Waals surface area contributed by atoms with E-state index < -0.39 is 12.6 Å². The summed E-state index contributed by atoms with van der Waals surface area (Å²) in [6, 6.07) is 17.0. The summed E-state index contributed by atoms with van der Waals surface area (Å²) in [5.41, 5.74) is 4.75. The molecule has 0 bridgehead atoms. The van der Waals surface area contributed by atoms with Crippen LogP contribution in [0, 0.1) is 58.2 Å². The summed E-state index contributed by atoms with van der Waals surface area (Å²) in [5.74, 6) is 3.37. The Morgan fingerprint density at radius 2 is 0.962 bits per heavy atom. The zero-order chi connectivity index (χ0) is 36.9. The van der Waals surface area contributed by atoms with E-state index in [1.807, 2.05) is 0 Å². The molecule has 2 aromatic rings. The van der Waals surface area contributed by atoms with Gasteiger partial charge in [0.25, 0.3) is 0 Å². The first-order chi connectivity index (χ1) is 24.8. The number of hydrogen-bond acceptors (Lipinski definition) is 6. The van der Waals surface area contributed by atoms with Gasteiger partial charge in [0, 0.05) is 10.8 Å². The maximum atomic E-state index is 12.7. The number of esters is 2. The summed E-state index contributed by atoms with van der Waals surface area (Å²) in [7, 11) is 0. The van der Waals surface area contributed by atoms with Gasteiger partial charge in [-0.3, -0.25) is 9.59 Å². The topological polar surface area (TPSA) is 71.1 Å². The molecule has 2 aromatic carbocycles. The highest BCUT2D eigenvalue weighted by atomic mass is 16.7. The van der Waals surface area contributed by atoms with E-state index in [4.69, 9.17) is 18.9 Å². The maximum absolute atomic E-state index is 12.7. The van der Waals surface area contributed by atoms with E-state index in [0.29, 0.717) is 35.5 Å². The first-order valence-electron chi connectivity index (χ1n) is 20.6. The van der Waals surface area contributed by atoms with Crippen LogP contribution >= 0.6 is 0 Å². The fourth-order valence-electron chi connectivity index (χ4n) is 10.9. The highest BCUT2D eigenvalue weighted by Crippen LogP contribution is 2.52. The molecule has 0 unspecified atom stereocenters. The molecule has 2 saturated carbocycles. The highest BCUT2D eigenvalue weighted by Gasteiger charge is 2.59. The largest absolute Gasteiger partial charge is 0.435 e. The summed E-state index contributed by atoms with van der Waals surface area (Å²) in [4.78, 5) is 25.3. The second-order valence-electron chi connectivity index (χ2n) is 19.0. The van der Waals surface area contributed by atoms with Gasteiger partial charge in [0.2, 0.25) is 12.6 Å². The molecule has 0 radical (unpaired) electrons. The fraction of sp³-hybridized carbons (Fsp3) is 0.696. The van der Waals surface area contributed by atoms with Crippen molar-refractivity contribution in [2.75, 3.05) is 0 Å². The van der Waals surface area contributed by atoms with Crippen LogP contribution in [-0.4, -0.2) is 36.7 Å². The van der Waals surface area contributed by atoms with Gasteiger partial charge in [-0.1, -0.05) is 117 Å². The maximum Gasteiger partial charge on any atom is 0.312 e. The minimum atomic E-state index is -0.412. The quantitative estimate of drug-likeness (QED) is 0.278. The molecule has 52 heavy (non-hydrogen) atoms. The predicted octanol–water partition coefficient (Wildman–Crippen LogP) is 9.54. The normalized spacial score (nSPS) is 39.4. The summed E-state index contributed by atoms with van der Waals surface area (Å²) in [6.45, 7) is 18.2. The van der Waals surface area contributed by atoms with Gasteiger partial charge in [-0.25, -0.2) is 0 Å². The van der Waals surface area contributed by atoms with Crippen molar-refractivity contribution in [3.8, 4) is 0 Å². The van der Waals surface area contributed by atoms with E-state index >= 15 is 0 Å². The number of fused-ring (bicyclic) bond motifs is 4. The van der Waals surface area contributed by atoms with Crippen molar-refractivity contribution in [2.24, 2.45) is 58.2 Å². The Hall–Kier alpha value is -2.70. The van der Waals surface area contributed by atoms with Crippen LogP contribution in [0.25, 0.3) is 0 Å². The molecule has 4 aliphatic carbocycles. The average Bonchev–Trinajstić information content (AvgIpc) is 3.48. The second kappa shape index (κ2) is 14.9. The molecule has 0 spiro atoms. The van der Waals surface area contributed by atoms with Crippen molar-refractivity contribution in [3.63, 3.8) is 0 Å². The van der Waals surface area contributed by atoms with Crippen molar-refractivity contribution in [2.45, 2.75) is 144 Å². The number of carbonyl (C=O) groups is 2. The van der Waals surface area contributed by atoms with Gasteiger partial charge in [0.1, 0.15) is 0 Å². The summed E-state index contributed by atoms with van der Waals surface area (Å²) in [5, 5.41) is 0. The van der Waals surface area contributed by atoms with Crippen LogP contribution in [0.5, 0.6) is 0 Å². The molecule has 0 N–H and O–H groups in total. The van der Waals surface area contributed by atoms with Crippen LogP contribution in [0.1, 0.15) is 116 Å². The number of rotatable bonds is 6. The van der Waals surface area contributed by atoms with E-state index in [1.54, 1.807) is 0 Å². The molecule has 4 fully saturated rings. The summed E-state index contributed by atoms with van der Waals surface area (Å²) < 4.78 is 24.9. The third-order valence-electron chi connectivity index (χ3n) is 14.4. The number of ether oxygens (including phenoxy) is 4. The van der Waals surface area contributed by atoms with Crippen LogP contribution in [0.3, 0.4) is 0 Å². The standard InChI is InChI=1S/2C23H32O3/c2*1-14(2)18-10-9-15(3)11-20(18)25-22-23(4)13-17-8-6-5-7-16(17)12-19(23)21(24)26-22/h2*5-8,14-15,18-20,22H,9-13H2,1-4H3/t2*15-,18+,19-,20-,22-,23-/m10/s1. The molecular formula is C46H64O6. The van der Waals surface area contributed by atoms with Gasteiger partial charge in [-0.15, -0.1) is 0 Å². The van der Waals surface area contributed by atoms with Crippen LogP contribution in [0.2, 0.25) is 0 Å². The molecule has 2 heterocycles. The molecule has 12 atom stereocenters. The molecular weight excluding hydrogens is 648 g/mol. The first-order valence-corrected chi connectivity index (χ1v) is 20.6. The second-order valence-corrected chi connectivity index (χ2v) is 19.0. The monoisotopic (exact) mass is 712 g/mol. The smallest absolute Gasteiger partial charge is 0.312 e. The van der Waals surface area contributed by atoms with Crippen molar-refractivity contribution >= 4 is 11.9 Å². The lowest BCUT2D eigenvalue weighted by molar-refractivity contribution is -0.212. The molecule has 6 heteroatoms. The van der Waals surface area contributed by atoms with Gasteiger partial charge in [-0.05, 0) is 109 Å². The van der Waals surface area contributed by atoms with Crippen molar-refractivity contribution in [1.82, 2.24) is 0 Å². The van der Waals surface area contributed by atoms with Gasteiger partial charge >= 0.3 is 11.9 Å². The van der Waals surface area contributed by atoms with Crippen molar-refractivity contribution in [1.29, 1.82) is 0 Å². The number of benzene rings is 2. The first kappa shape index (κ1) is 37.6. The average molecular weight is 713 g/mol. The zero-order valence-electron chi connectivity index (χ0n) is 33.1. The Balaban J connectivity index is 0.000000162. The Morgan fingerprint density at radius 3 is 1.33 bits per heavy atom. The van der Waals surface area contributed by atoms with Crippen LogP contribution in [0.15, 0.2) is 48.5 Å². The minimum Gasteiger partial charge on any atom is -0.435 e.